The lowest BCUT2D eigenvalue weighted by Crippen LogP contribution is -2.24. The summed E-state index contributed by atoms with van der Waals surface area (Å²) in [5.41, 5.74) is 10.3. The maximum absolute atomic E-state index is 5.16. The van der Waals surface area contributed by atoms with Gasteiger partial charge in [0.2, 0.25) is 0 Å². The van der Waals surface area contributed by atoms with E-state index in [9.17, 15) is 0 Å². The Labute approximate surface area is 328 Å². The molecule has 2 aliphatic rings. The van der Waals surface area contributed by atoms with E-state index in [1.165, 1.54) is 0 Å². The van der Waals surface area contributed by atoms with Crippen LogP contribution in [0.15, 0.2) is 177 Å². The van der Waals surface area contributed by atoms with E-state index in [2.05, 4.69) is 156 Å². The van der Waals surface area contributed by atoms with Gasteiger partial charge in [-0.3, -0.25) is 19.9 Å². The second-order valence-electron chi connectivity index (χ2n) is 14.9. The summed E-state index contributed by atoms with van der Waals surface area (Å²) >= 11 is 0. The lowest BCUT2D eigenvalue weighted by Gasteiger charge is -2.33. The van der Waals surface area contributed by atoms with Crippen molar-refractivity contribution in [3.8, 4) is 45.0 Å². The standard InChI is InChI=1S/C50H33N7/c1-50-20-3-2-14-42(50)28-39(19-21-50)49-56-47(37-10-4-8-33(24-37)40-26-35-17-15-31-12-6-22-51-43(31)45(35)53-29-40)55-48(57-49)38-11-5-9-34(25-38)41-27-36-18-16-32-13-7-23-52-44(32)46(36)54-30-41/h2-30,42H,1H3. The highest BCUT2D eigenvalue weighted by Crippen LogP contribution is 2.41. The zero-order valence-electron chi connectivity index (χ0n) is 31.0. The van der Waals surface area contributed by atoms with Crippen molar-refractivity contribution in [2.24, 2.45) is 11.3 Å². The highest BCUT2D eigenvalue weighted by molar-refractivity contribution is 6.04. The van der Waals surface area contributed by atoms with Gasteiger partial charge < -0.3 is 0 Å². The zero-order valence-corrected chi connectivity index (χ0v) is 31.0. The van der Waals surface area contributed by atoms with Crippen molar-refractivity contribution in [2.45, 2.75) is 6.92 Å². The van der Waals surface area contributed by atoms with Crippen molar-refractivity contribution < 1.29 is 0 Å². The Morgan fingerprint density at radius 1 is 0.456 bits per heavy atom. The Kier molecular flexibility index (Phi) is 7.54. The maximum Gasteiger partial charge on any atom is 0.164 e. The van der Waals surface area contributed by atoms with E-state index >= 15 is 0 Å². The van der Waals surface area contributed by atoms with Gasteiger partial charge in [-0.25, -0.2) is 15.0 Å². The molecule has 0 fully saturated rings. The third-order valence-electron chi connectivity index (χ3n) is 11.2. The highest BCUT2D eigenvalue weighted by atomic mass is 15.0. The average molecular weight is 732 g/mol. The van der Waals surface area contributed by atoms with Gasteiger partial charge in [0.15, 0.2) is 17.5 Å². The van der Waals surface area contributed by atoms with Crippen LogP contribution in [0.25, 0.3) is 94.2 Å². The number of nitrogens with zero attached hydrogens (tertiary/aromatic N) is 7. The van der Waals surface area contributed by atoms with E-state index in [0.717, 1.165) is 82.6 Å². The summed E-state index contributed by atoms with van der Waals surface area (Å²) < 4.78 is 0. The predicted molar refractivity (Wildman–Crippen MR) is 230 cm³/mol. The Morgan fingerprint density at radius 2 is 0.982 bits per heavy atom. The molecule has 9 aromatic rings. The number of aromatic nitrogens is 7. The van der Waals surface area contributed by atoms with Crippen LogP contribution in [0.3, 0.4) is 0 Å². The fraction of sp³-hybridized carbons (Fsp3) is 0.0600. The third kappa shape index (κ3) is 5.79. The van der Waals surface area contributed by atoms with Gasteiger partial charge in [0.25, 0.3) is 0 Å². The molecule has 0 saturated carbocycles. The zero-order chi connectivity index (χ0) is 37.9. The van der Waals surface area contributed by atoms with Crippen molar-refractivity contribution in [1.29, 1.82) is 0 Å². The van der Waals surface area contributed by atoms with Crippen molar-refractivity contribution in [2.75, 3.05) is 0 Å². The number of hydrogen-bond acceptors (Lipinski definition) is 7. The van der Waals surface area contributed by atoms with Gasteiger partial charge in [-0.05, 0) is 47.5 Å². The van der Waals surface area contributed by atoms with Crippen LogP contribution in [0.1, 0.15) is 12.7 Å². The topological polar surface area (TPSA) is 90.2 Å². The first-order valence-electron chi connectivity index (χ1n) is 19.1. The lowest BCUT2D eigenvalue weighted by atomic mass is 9.71. The van der Waals surface area contributed by atoms with Crippen LogP contribution in [0.4, 0.5) is 0 Å². The fourth-order valence-corrected chi connectivity index (χ4v) is 8.06. The molecule has 0 amide bonds. The Bertz CT molecular complexity index is 3050. The monoisotopic (exact) mass is 731 g/mol. The van der Waals surface area contributed by atoms with E-state index in [1.54, 1.807) is 0 Å². The van der Waals surface area contributed by atoms with E-state index in [1.807, 2.05) is 36.9 Å². The Hall–Kier alpha value is -7.51. The molecule has 4 aromatic carbocycles. The van der Waals surface area contributed by atoms with Crippen LogP contribution < -0.4 is 0 Å². The summed E-state index contributed by atoms with van der Waals surface area (Å²) in [6.45, 7) is 2.25. The van der Waals surface area contributed by atoms with Gasteiger partial charge in [-0.2, -0.15) is 0 Å². The molecule has 7 nitrogen and oxygen atoms in total. The molecule has 0 spiro atoms. The fourth-order valence-electron chi connectivity index (χ4n) is 8.06. The van der Waals surface area contributed by atoms with E-state index in [0.29, 0.717) is 17.5 Å². The van der Waals surface area contributed by atoms with E-state index in [-0.39, 0.29) is 11.3 Å². The van der Waals surface area contributed by atoms with Gasteiger partial charge in [0.05, 0.1) is 22.1 Å². The molecule has 0 bridgehead atoms. The maximum atomic E-state index is 5.16. The minimum atomic E-state index is -0.0912. The molecule has 5 heterocycles. The number of pyridine rings is 4. The van der Waals surface area contributed by atoms with Gasteiger partial charge in [0.1, 0.15) is 0 Å². The number of fused-ring (bicyclic) bond motifs is 7. The summed E-state index contributed by atoms with van der Waals surface area (Å²) in [7, 11) is 0. The highest BCUT2D eigenvalue weighted by Gasteiger charge is 2.31. The van der Waals surface area contributed by atoms with E-state index < -0.39 is 0 Å². The van der Waals surface area contributed by atoms with Crippen molar-refractivity contribution >= 4 is 49.2 Å². The second kappa shape index (κ2) is 13.1. The van der Waals surface area contributed by atoms with E-state index in [4.69, 9.17) is 24.9 Å². The van der Waals surface area contributed by atoms with Crippen LogP contribution >= 0.6 is 0 Å². The van der Waals surface area contributed by atoms with Crippen LogP contribution in [0, 0.1) is 11.3 Å². The second-order valence-corrected chi connectivity index (χ2v) is 14.9. The minimum Gasteiger partial charge on any atom is -0.254 e. The van der Waals surface area contributed by atoms with Crippen molar-refractivity contribution in [3.05, 3.63) is 182 Å². The largest absolute Gasteiger partial charge is 0.254 e. The normalized spacial score (nSPS) is 17.4. The molecule has 2 atom stereocenters. The first-order chi connectivity index (χ1) is 28.0. The minimum absolute atomic E-state index is 0.0912. The molecular formula is C50H33N7. The number of hydrogen-bond donors (Lipinski definition) is 0. The predicted octanol–water partition coefficient (Wildman–Crippen LogP) is 11.4. The van der Waals surface area contributed by atoms with Crippen LogP contribution in [0.5, 0.6) is 0 Å². The molecule has 0 radical (unpaired) electrons. The van der Waals surface area contributed by atoms with Crippen LogP contribution in [-0.4, -0.2) is 34.9 Å². The summed E-state index contributed by atoms with van der Waals surface area (Å²) in [5, 5.41) is 4.22. The quantitative estimate of drug-likeness (QED) is 0.163. The summed E-state index contributed by atoms with van der Waals surface area (Å²) in [4.78, 5) is 34.4. The molecule has 2 unspecified atom stereocenters. The molecule has 57 heavy (non-hydrogen) atoms. The number of allylic oxidation sites excluding steroid dienone is 8. The van der Waals surface area contributed by atoms with Gasteiger partial charge in [0, 0.05) is 85.5 Å². The first-order valence-corrected chi connectivity index (χ1v) is 19.1. The molecule has 5 aromatic heterocycles. The number of benzene rings is 4. The average Bonchev–Trinajstić information content (AvgIpc) is 3.28. The first kappa shape index (κ1) is 32.9. The van der Waals surface area contributed by atoms with Crippen LogP contribution in [-0.2, 0) is 0 Å². The molecule has 0 aliphatic heterocycles. The molecule has 0 N–H and O–H groups in total. The number of rotatable bonds is 5. The van der Waals surface area contributed by atoms with Crippen molar-refractivity contribution in [3.63, 3.8) is 0 Å². The Morgan fingerprint density at radius 3 is 1.58 bits per heavy atom. The van der Waals surface area contributed by atoms with Gasteiger partial charge in [-0.1, -0.05) is 122 Å². The van der Waals surface area contributed by atoms with Gasteiger partial charge >= 0.3 is 0 Å². The summed E-state index contributed by atoms with van der Waals surface area (Å²) in [6, 6.07) is 37.5. The molecule has 2 aliphatic carbocycles. The smallest absolute Gasteiger partial charge is 0.164 e. The molecule has 7 heteroatoms. The van der Waals surface area contributed by atoms with Crippen molar-refractivity contribution in [1.82, 2.24) is 34.9 Å². The molecule has 0 saturated heterocycles. The van der Waals surface area contributed by atoms with Crippen LogP contribution in [0.2, 0.25) is 0 Å². The summed E-state index contributed by atoms with van der Waals surface area (Å²) in [5.74, 6) is 2.02. The molecular weight excluding hydrogens is 699 g/mol. The van der Waals surface area contributed by atoms with Gasteiger partial charge in [-0.15, -0.1) is 0 Å². The SMILES string of the molecule is CC12C=CC=CC1C=C(c1nc(-c3cccc(-c4cnc5c(ccc6cccnc65)c4)c3)nc(-c3cccc(-c4cnc5c(ccc6cccnc65)c4)c3)n1)C=C2. The summed E-state index contributed by atoms with van der Waals surface area (Å²) in [6.07, 6.45) is 22.9. The lowest BCUT2D eigenvalue weighted by molar-refractivity contribution is 0.454. The Balaban J connectivity index is 1.02. The molecule has 268 valence electrons. The third-order valence-corrected chi connectivity index (χ3v) is 11.2. The molecule has 11 rings (SSSR count).